The number of anilines is 2. The predicted octanol–water partition coefficient (Wildman–Crippen LogP) is 2.39. The van der Waals surface area contributed by atoms with E-state index in [4.69, 9.17) is 4.74 Å². The van der Waals surface area contributed by atoms with Gasteiger partial charge in [0, 0.05) is 32.4 Å². The topological polar surface area (TPSA) is 137 Å². The zero-order valence-electron chi connectivity index (χ0n) is 20.6. The number of aryl methyl sites for hydroxylation is 1. The molecule has 2 N–H and O–H groups in total. The Hall–Kier alpha value is -4.45. The van der Waals surface area contributed by atoms with E-state index in [-0.39, 0.29) is 39.5 Å². The van der Waals surface area contributed by atoms with Crippen LogP contribution in [0, 0.1) is 0 Å². The summed E-state index contributed by atoms with van der Waals surface area (Å²) in [6, 6.07) is 13.8. The van der Waals surface area contributed by atoms with Gasteiger partial charge < -0.3 is 15.4 Å². The first-order valence-electron chi connectivity index (χ1n) is 11.1. The van der Waals surface area contributed by atoms with Crippen LogP contribution in [0.5, 0.6) is 5.75 Å². The molecule has 0 aliphatic heterocycles. The monoisotopic (exact) mass is 520 g/mol. The summed E-state index contributed by atoms with van der Waals surface area (Å²) in [5, 5.41) is 5.84. The summed E-state index contributed by atoms with van der Waals surface area (Å²) >= 11 is 1.06. The molecule has 0 bridgehead atoms. The quantitative estimate of drug-likeness (QED) is 0.280. The Morgan fingerprint density at radius 2 is 1.59 bits per heavy atom. The number of rotatable bonds is 7. The average Bonchev–Trinajstić information content (AvgIpc) is 2.89. The number of methoxy groups -OCH3 is 1. The molecule has 0 saturated carbocycles. The molecule has 2 amide bonds. The predicted molar refractivity (Wildman–Crippen MR) is 142 cm³/mol. The highest BCUT2D eigenvalue weighted by atomic mass is 32.2. The van der Waals surface area contributed by atoms with Crippen LogP contribution in [-0.4, -0.2) is 43.8 Å². The summed E-state index contributed by atoms with van der Waals surface area (Å²) in [4.78, 5) is 58.6. The van der Waals surface area contributed by atoms with Crippen LogP contribution in [0.2, 0.25) is 0 Å². The van der Waals surface area contributed by atoms with E-state index in [0.29, 0.717) is 22.7 Å². The van der Waals surface area contributed by atoms with E-state index in [2.05, 4.69) is 20.6 Å². The lowest BCUT2D eigenvalue weighted by Gasteiger charge is -2.13. The van der Waals surface area contributed by atoms with Crippen LogP contribution in [0.15, 0.2) is 63.1 Å². The highest BCUT2D eigenvalue weighted by molar-refractivity contribution is 8.00. The van der Waals surface area contributed by atoms with E-state index >= 15 is 0 Å². The van der Waals surface area contributed by atoms with Crippen LogP contribution < -0.4 is 26.6 Å². The van der Waals surface area contributed by atoms with Gasteiger partial charge in [-0.25, -0.2) is 14.8 Å². The van der Waals surface area contributed by atoms with Gasteiger partial charge >= 0.3 is 5.69 Å². The van der Waals surface area contributed by atoms with Gasteiger partial charge in [0.25, 0.3) is 5.56 Å². The van der Waals surface area contributed by atoms with Crippen LogP contribution in [0.25, 0.3) is 22.4 Å². The third-order valence-electron chi connectivity index (χ3n) is 5.44. The molecule has 0 unspecified atom stereocenters. The lowest BCUT2D eigenvalue weighted by atomic mass is 10.2. The number of hydrogen-bond acceptors (Lipinski definition) is 8. The Bertz CT molecular complexity index is 1630. The van der Waals surface area contributed by atoms with Crippen LogP contribution in [0.1, 0.15) is 6.92 Å². The van der Waals surface area contributed by atoms with Gasteiger partial charge in [-0.05, 0) is 36.4 Å². The first-order chi connectivity index (χ1) is 17.7. The van der Waals surface area contributed by atoms with Gasteiger partial charge in [-0.3, -0.25) is 23.5 Å². The number of aromatic nitrogens is 4. The van der Waals surface area contributed by atoms with Gasteiger partial charge in [-0.1, -0.05) is 23.9 Å². The van der Waals surface area contributed by atoms with E-state index in [1.807, 2.05) is 0 Å². The van der Waals surface area contributed by atoms with E-state index < -0.39 is 11.2 Å². The van der Waals surface area contributed by atoms with Crippen molar-refractivity contribution in [1.82, 2.24) is 19.1 Å². The minimum absolute atomic E-state index is 0.0586. The van der Waals surface area contributed by atoms with Crippen molar-refractivity contribution in [2.75, 3.05) is 23.5 Å². The molecule has 190 valence electrons. The summed E-state index contributed by atoms with van der Waals surface area (Å²) in [5.41, 5.74) is 0.795. The second kappa shape index (κ2) is 10.7. The van der Waals surface area contributed by atoms with Crippen LogP contribution in [0.4, 0.5) is 11.4 Å². The zero-order chi connectivity index (χ0) is 26.7. The van der Waals surface area contributed by atoms with Crippen molar-refractivity contribution in [2.24, 2.45) is 14.1 Å². The van der Waals surface area contributed by atoms with Gasteiger partial charge in [0.05, 0.1) is 18.4 Å². The first kappa shape index (κ1) is 25.6. The molecule has 2 aromatic heterocycles. The van der Waals surface area contributed by atoms with Crippen LogP contribution in [-0.2, 0) is 23.7 Å². The largest absolute Gasteiger partial charge is 0.496 e. The molecule has 11 nitrogen and oxygen atoms in total. The first-order valence-corrected chi connectivity index (χ1v) is 12.1. The molecule has 0 fully saturated rings. The summed E-state index contributed by atoms with van der Waals surface area (Å²) in [5.74, 6) is 0.194. The fraction of sp³-hybridized carbons (Fsp3) is 0.200. The molecule has 0 aliphatic carbocycles. The molecule has 37 heavy (non-hydrogen) atoms. The summed E-state index contributed by atoms with van der Waals surface area (Å²) in [7, 11) is 4.42. The summed E-state index contributed by atoms with van der Waals surface area (Å²) < 4.78 is 7.69. The number of para-hydroxylation sites is 1. The molecule has 12 heteroatoms. The normalized spacial score (nSPS) is 10.8. The summed E-state index contributed by atoms with van der Waals surface area (Å²) in [6.07, 6.45) is 0. The van der Waals surface area contributed by atoms with Crippen molar-refractivity contribution in [2.45, 2.75) is 11.9 Å². The molecule has 4 rings (SSSR count). The molecular formula is C25H24N6O5S. The molecule has 0 radical (unpaired) electrons. The highest BCUT2D eigenvalue weighted by Gasteiger charge is 2.20. The number of ether oxygens (including phenoxy) is 1. The number of amides is 2. The van der Waals surface area contributed by atoms with Crippen LogP contribution >= 0.6 is 11.8 Å². The maximum Gasteiger partial charge on any atom is 0.332 e. The Kier molecular flexibility index (Phi) is 7.39. The number of nitrogens with one attached hydrogen (secondary N) is 2. The van der Waals surface area contributed by atoms with Crippen molar-refractivity contribution in [3.05, 3.63) is 69.4 Å². The number of fused-ring (bicyclic) bond motifs is 1. The number of carbonyl (C=O) groups excluding carboxylic acids is 2. The minimum atomic E-state index is -0.554. The molecule has 0 saturated heterocycles. The Balaban J connectivity index is 1.69. The van der Waals surface area contributed by atoms with Crippen molar-refractivity contribution >= 4 is 46.0 Å². The average molecular weight is 521 g/mol. The van der Waals surface area contributed by atoms with Gasteiger partial charge in [0.15, 0.2) is 11.5 Å². The fourth-order valence-corrected chi connectivity index (χ4v) is 4.47. The number of hydrogen-bond donors (Lipinski definition) is 2. The van der Waals surface area contributed by atoms with Gasteiger partial charge in [0.2, 0.25) is 11.8 Å². The second-order valence-electron chi connectivity index (χ2n) is 8.05. The highest BCUT2D eigenvalue weighted by Crippen LogP contribution is 2.31. The van der Waals surface area contributed by atoms with Crippen LogP contribution in [0.3, 0.4) is 0 Å². The summed E-state index contributed by atoms with van der Waals surface area (Å²) in [6.45, 7) is 1.41. The molecule has 4 aromatic rings. The number of nitrogens with zero attached hydrogens (tertiary/aromatic N) is 4. The number of benzene rings is 2. The molecule has 0 spiro atoms. The van der Waals surface area contributed by atoms with Gasteiger partial charge in [-0.15, -0.1) is 0 Å². The maximum atomic E-state index is 13.0. The lowest BCUT2D eigenvalue weighted by Crippen LogP contribution is -2.37. The molecule has 0 atom stereocenters. The Labute approximate surface area is 215 Å². The second-order valence-corrected chi connectivity index (χ2v) is 9.02. The van der Waals surface area contributed by atoms with E-state index in [9.17, 15) is 19.2 Å². The van der Waals surface area contributed by atoms with Crippen molar-refractivity contribution in [3.63, 3.8) is 0 Å². The fourth-order valence-electron chi connectivity index (χ4n) is 3.65. The van der Waals surface area contributed by atoms with Gasteiger partial charge in [-0.2, -0.15) is 0 Å². The van der Waals surface area contributed by atoms with Crippen molar-refractivity contribution < 1.29 is 14.3 Å². The van der Waals surface area contributed by atoms with E-state index in [1.54, 1.807) is 48.5 Å². The standard InChI is InChI=1S/C25H24N6O5S/c1-14(32)26-15-9-11-16(12-10-15)27-19(33)13-37-23-20-22(30(2)25(35)31(3)24(20)34)28-21(29-23)17-7-5-6-8-18(17)36-4/h5-12H,13H2,1-4H3,(H,26,32)(H,27,33). The van der Waals surface area contributed by atoms with Crippen molar-refractivity contribution in [1.29, 1.82) is 0 Å². The molecule has 2 heterocycles. The van der Waals surface area contributed by atoms with Gasteiger partial charge in [0.1, 0.15) is 16.2 Å². The van der Waals surface area contributed by atoms with E-state index in [0.717, 1.165) is 16.3 Å². The van der Waals surface area contributed by atoms with Crippen molar-refractivity contribution in [3.8, 4) is 17.1 Å². The number of carbonyl (C=O) groups is 2. The molecule has 0 aliphatic rings. The van der Waals surface area contributed by atoms with E-state index in [1.165, 1.54) is 32.7 Å². The molecule has 2 aromatic carbocycles. The molecular weight excluding hydrogens is 496 g/mol. The Morgan fingerprint density at radius 1 is 0.946 bits per heavy atom. The number of thioether (sulfide) groups is 1. The Morgan fingerprint density at radius 3 is 2.24 bits per heavy atom. The smallest absolute Gasteiger partial charge is 0.332 e. The third kappa shape index (κ3) is 5.38. The SMILES string of the molecule is COc1ccccc1-c1nc(SCC(=O)Nc2ccc(NC(C)=O)cc2)c2c(=O)n(C)c(=O)n(C)c2n1. The lowest BCUT2D eigenvalue weighted by molar-refractivity contribution is -0.114. The third-order valence-corrected chi connectivity index (χ3v) is 6.42. The maximum absolute atomic E-state index is 13.0. The minimum Gasteiger partial charge on any atom is -0.496 e. The zero-order valence-corrected chi connectivity index (χ0v) is 21.4.